The van der Waals surface area contributed by atoms with Gasteiger partial charge in [0.25, 0.3) is 0 Å². The first-order valence-corrected chi connectivity index (χ1v) is 6.10. The van der Waals surface area contributed by atoms with E-state index in [-0.39, 0.29) is 0 Å². The number of nitrogens with zero attached hydrogens (tertiary/aromatic N) is 2. The third-order valence-electron chi connectivity index (χ3n) is 2.51. The maximum Gasteiger partial charge on any atom is 0.149 e. The third kappa shape index (κ3) is 2.28. The maximum absolute atomic E-state index is 5.69. The monoisotopic (exact) mass is 224 g/mol. The van der Waals surface area contributed by atoms with Gasteiger partial charge in [-0.15, -0.1) is 0 Å². The zero-order chi connectivity index (χ0) is 10.8. The third-order valence-corrected chi connectivity index (χ3v) is 3.64. The number of anilines is 3. The molecule has 1 saturated heterocycles. The molecule has 0 radical (unpaired) electrons. The summed E-state index contributed by atoms with van der Waals surface area (Å²) < 4.78 is 0. The molecule has 1 fully saturated rings. The van der Waals surface area contributed by atoms with Crippen LogP contribution in [0.5, 0.6) is 0 Å². The van der Waals surface area contributed by atoms with Crippen LogP contribution in [0.15, 0.2) is 12.1 Å². The van der Waals surface area contributed by atoms with Gasteiger partial charge in [-0.25, -0.2) is 4.98 Å². The van der Waals surface area contributed by atoms with Gasteiger partial charge in [0.1, 0.15) is 11.6 Å². The summed E-state index contributed by atoms with van der Waals surface area (Å²) in [6, 6.07) is 3.76. The summed E-state index contributed by atoms with van der Waals surface area (Å²) in [7, 11) is 0. The fourth-order valence-electron chi connectivity index (χ4n) is 1.68. The Balaban J connectivity index is 2.18. The van der Waals surface area contributed by atoms with E-state index in [1.165, 1.54) is 0 Å². The van der Waals surface area contributed by atoms with E-state index in [1.807, 2.05) is 23.9 Å². The van der Waals surface area contributed by atoms with E-state index in [2.05, 4.69) is 16.8 Å². The molecule has 4 N–H and O–H groups in total. The van der Waals surface area contributed by atoms with E-state index in [0.717, 1.165) is 24.7 Å². The highest BCUT2D eigenvalue weighted by molar-refractivity contribution is 8.00. The van der Waals surface area contributed by atoms with Crippen LogP contribution in [0.2, 0.25) is 0 Å². The number of rotatable bonds is 1. The second kappa shape index (κ2) is 4.18. The molecule has 1 atom stereocenters. The molecule has 5 heteroatoms. The van der Waals surface area contributed by atoms with E-state index in [4.69, 9.17) is 11.5 Å². The Morgan fingerprint density at radius 2 is 2.27 bits per heavy atom. The van der Waals surface area contributed by atoms with Crippen molar-refractivity contribution in [3.05, 3.63) is 12.1 Å². The van der Waals surface area contributed by atoms with Crippen LogP contribution in [-0.4, -0.2) is 29.1 Å². The van der Waals surface area contributed by atoms with Crippen LogP contribution >= 0.6 is 11.8 Å². The molecule has 0 bridgehead atoms. The first-order valence-electron chi connectivity index (χ1n) is 5.05. The van der Waals surface area contributed by atoms with Crippen LogP contribution in [-0.2, 0) is 0 Å². The van der Waals surface area contributed by atoms with Crippen molar-refractivity contribution in [2.45, 2.75) is 12.2 Å². The van der Waals surface area contributed by atoms with Crippen molar-refractivity contribution in [1.82, 2.24) is 4.98 Å². The van der Waals surface area contributed by atoms with Gasteiger partial charge in [0.05, 0.1) is 5.69 Å². The zero-order valence-electron chi connectivity index (χ0n) is 8.81. The number of thioether (sulfide) groups is 1. The molecule has 2 rings (SSSR count). The standard InChI is InChI=1S/C10H16N4S/c1-7-6-14(4-5-15-7)9-3-2-8(11)10(12)13-9/h2-3,7H,4-6,11H2,1H3,(H2,12,13). The molecule has 0 amide bonds. The number of nitrogens with two attached hydrogens (primary N) is 2. The van der Waals surface area contributed by atoms with Gasteiger partial charge in [-0.3, -0.25) is 0 Å². The molecule has 1 aromatic heterocycles. The summed E-state index contributed by atoms with van der Waals surface area (Å²) in [6.07, 6.45) is 0. The summed E-state index contributed by atoms with van der Waals surface area (Å²) in [5, 5.41) is 0.652. The highest BCUT2D eigenvalue weighted by Gasteiger charge is 2.18. The van der Waals surface area contributed by atoms with Crippen molar-refractivity contribution in [2.75, 3.05) is 35.2 Å². The molecular weight excluding hydrogens is 208 g/mol. The van der Waals surface area contributed by atoms with Gasteiger partial charge in [0.2, 0.25) is 0 Å². The quantitative estimate of drug-likeness (QED) is 0.750. The fraction of sp³-hybridized carbons (Fsp3) is 0.500. The Bertz CT molecular complexity index is 355. The fourth-order valence-corrected chi connectivity index (χ4v) is 2.69. The van der Waals surface area contributed by atoms with Crippen molar-refractivity contribution >= 4 is 29.1 Å². The highest BCUT2D eigenvalue weighted by Crippen LogP contribution is 2.24. The first kappa shape index (κ1) is 10.4. The number of pyridine rings is 1. The van der Waals surface area contributed by atoms with Crippen LogP contribution < -0.4 is 16.4 Å². The average Bonchev–Trinajstić information content (AvgIpc) is 2.22. The highest BCUT2D eigenvalue weighted by atomic mass is 32.2. The molecule has 1 aliphatic rings. The van der Waals surface area contributed by atoms with Gasteiger partial charge in [0.15, 0.2) is 0 Å². The molecule has 1 aromatic rings. The lowest BCUT2D eigenvalue weighted by Crippen LogP contribution is -2.37. The molecule has 0 aliphatic carbocycles. The van der Waals surface area contributed by atoms with Crippen LogP contribution in [0.1, 0.15) is 6.92 Å². The number of aromatic nitrogens is 1. The van der Waals surface area contributed by atoms with E-state index in [1.54, 1.807) is 0 Å². The van der Waals surface area contributed by atoms with Crippen LogP contribution in [0.3, 0.4) is 0 Å². The van der Waals surface area contributed by atoms with Gasteiger partial charge < -0.3 is 16.4 Å². The molecule has 4 nitrogen and oxygen atoms in total. The Kier molecular flexibility index (Phi) is 2.90. The zero-order valence-corrected chi connectivity index (χ0v) is 9.63. The van der Waals surface area contributed by atoms with Gasteiger partial charge in [-0.05, 0) is 12.1 Å². The lowest BCUT2D eigenvalue weighted by atomic mass is 10.3. The number of hydrogen-bond acceptors (Lipinski definition) is 5. The summed E-state index contributed by atoms with van der Waals surface area (Å²) in [4.78, 5) is 6.56. The lowest BCUT2D eigenvalue weighted by Gasteiger charge is -2.31. The molecule has 15 heavy (non-hydrogen) atoms. The van der Waals surface area contributed by atoms with Gasteiger partial charge in [-0.1, -0.05) is 6.92 Å². The Hall–Kier alpha value is -1.10. The van der Waals surface area contributed by atoms with Crippen molar-refractivity contribution in [1.29, 1.82) is 0 Å². The second-order valence-electron chi connectivity index (χ2n) is 3.77. The Morgan fingerprint density at radius 1 is 1.47 bits per heavy atom. The first-order chi connectivity index (χ1) is 7.16. The summed E-state index contributed by atoms with van der Waals surface area (Å²) in [5.74, 6) is 2.51. The van der Waals surface area contributed by atoms with Gasteiger partial charge in [-0.2, -0.15) is 11.8 Å². The molecule has 0 aromatic carbocycles. The van der Waals surface area contributed by atoms with Gasteiger partial charge in [0, 0.05) is 24.1 Å². The van der Waals surface area contributed by atoms with Crippen molar-refractivity contribution < 1.29 is 0 Å². The normalized spacial score (nSPS) is 21.7. The summed E-state index contributed by atoms with van der Waals surface area (Å²) in [6.45, 7) is 4.30. The maximum atomic E-state index is 5.69. The van der Waals surface area contributed by atoms with E-state index in [9.17, 15) is 0 Å². The minimum absolute atomic E-state index is 0.429. The number of hydrogen-bond donors (Lipinski definition) is 2. The molecule has 82 valence electrons. The Morgan fingerprint density at radius 3 is 2.93 bits per heavy atom. The van der Waals surface area contributed by atoms with Gasteiger partial charge >= 0.3 is 0 Å². The summed E-state index contributed by atoms with van der Waals surface area (Å²) >= 11 is 2.00. The minimum atomic E-state index is 0.429. The van der Waals surface area contributed by atoms with Crippen molar-refractivity contribution in [3.8, 4) is 0 Å². The minimum Gasteiger partial charge on any atom is -0.396 e. The van der Waals surface area contributed by atoms with Crippen molar-refractivity contribution in [2.24, 2.45) is 0 Å². The van der Waals surface area contributed by atoms with E-state index < -0.39 is 0 Å². The lowest BCUT2D eigenvalue weighted by molar-refractivity contribution is 0.771. The Labute approximate surface area is 94.0 Å². The predicted octanol–water partition coefficient (Wildman–Crippen LogP) is 1.19. The van der Waals surface area contributed by atoms with Crippen LogP contribution in [0.25, 0.3) is 0 Å². The largest absolute Gasteiger partial charge is 0.396 e. The predicted molar refractivity (Wildman–Crippen MR) is 67.2 cm³/mol. The SMILES string of the molecule is CC1CN(c2ccc(N)c(N)n2)CCS1. The van der Waals surface area contributed by atoms with E-state index in [0.29, 0.717) is 16.8 Å². The van der Waals surface area contributed by atoms with Crippen LogP contribution in [0.4, 0.5) is 17.3 Å². The molecule has 0 spiro atoms. The molecule has 1 aliphatic heterocycles. The molecule has 1 unspecified atom stereocenters. The summed E-state index contributed by atoms with van der Waals surface area (Å²) in [5.41, 5.74) is 11.9. The van der Waals surface area contributed by atoms with E-state index >= 15 is 0 Å². The van der Waals surface area contributed by atoms with Crippen molar-refractivity contribution in [3.63, 3.8) is 0 Å². The second-order valence-corrected chi connectivity index (χ2v) is 5.32. The average molecular weight is 224 g/mol. The van der Waals surface area contributed by atoms with Crippen LogP contribution in [0, 0.1) is 0 Å². The number of nitrogen functional groups attached to an aromatic ring is 2. The molecule has 2 heterocycles. The molecule has 0 saturated carbocycles. The smallest absolute Gasteiger partial charge is 0.149 e. The molecular formula is C10H16N4S. The topological polar surface area (TPSA) is 68.2 Å².